The molecule has 0 unspecified atom stereocenters. The fourth-order valence-corrected chi connectivity index (χ4v) is 4.30. The van der Waals surface area contributed by atoms with E-state index < -0.39 is 0 Å². The van der Waals surface area contributed by atoms with Gasteiger partial charge in [0.15, 0.2) is 5.96 Å². The van der Waals surface area contributed by atoms with Crippen LogP contribution in [0.25, 0.3) is 0 Å². The Bertz CT molecular complexity index is 659. The molecule has 0 saturated carbocycles. The number of benzene rings is 1. The molecule has 0 aromatic heterocycles. The van der Waals surface area contributed by atoms with Gasteiger partial charge in [-0.15, -0.1) is 24.0 Å². The second-order valence-electron chi connectivity index (χ2n) is 8.87. The highest BCUT2D eigenvalue weighted by Crippen LogP contribution is 2.16. The van der Waals surface area contributed by atoms with Crippen molar-refractivity contribution in [2.75, 3.05) is 52.6 Å². The fourth-order valence-electron chi connectivity index (χ4n) is 4.30. The number of guanidine groups is 1. The van der Waals surface area contributed by atoms with Gasteiger partial charge in [-0.3, -0.25) is 9.89 Å². The molecule has 2 saturated heterocycles. The van der Waals surface area contributed by atoms with Crippen molar-refractivity contribution in [3.05, 3.63) is 35.4 Å². The predicted octanol–water partition coefficient (Wildman–Crippen LogP) is 3.97. The second kappa shape index (κ2) is 15.9. The summed E-state index contributed by atoms with van der Waals surface area (Å²) in [7, 11) is 0. The van der Waals surface area contributed by atoms with E-state index >= 15 is 0 Å². The summed E-state index contributed by atoms with van der Waals surface area (Å²) in [6.45, 7) is 12.8. The first-order valence-electron chi connectivity index (χ1n) is 12.2. The summed E-state index contributed by atoms with van der Waals surface area (Å²) in [5.74, 6) is 1.62. The standard InChI is InChI=1S/C25H42N4O2.HI/c1-3-26-25(27-13-6-16-31-20-22-11-17-30-18-12-22)28-24-9-14-29(15-10-24)19-23-8-5-4-7-21(23)2;/h4-5,7-8,22,24H,3,6,9-20H2,1-2H3,(H2,26,27,28);1H. The highest BCUT2D eigenvalue weighted by Gasteiger charge is 2.20. The van der Waals surface area contributed by atoms with Crippen LogP contribution in [-0.2, 0) is 16.0 Å². The molecule has 3 rings (SSSR count). The Labute approximate surface area is 211 Å². The van der Waals surface area contributed by atoms with Crippen LogP contribution in [0, 0.1) is 12.8 Å². The third-order valence-electron chi connectivity index (χ3n) is 6.34. The van der Waals surface area contributed by atoms with Gasteiger partial charge in [0, 0.05) is 65.2 Å². The molecule has 1 aromatic carbocycles. The maximum absolute atomic E-state index is 5.86. The molecule has 2 heterocycles. The first-order chi connectivity index (χ1) is 15.2. The molecule has 2 aliphatic heterocycles. The van der Waals surface area contributed by atoms with Gasteiger partial charge in [-0.1, -0.05) is 24.3 Å². The van der Waals surface area contributed by atoms with Crippen molar-refractivity contribution in [1.82, 2.24) is 15.5 Å². The van der Waals surface area contributed by atoms with Crippen LogP contribution in [0.1, 0.15) is 50.2 Å². The number of nitrogens with zero attached hydrogens (tertiary/aromatic N) is 2. The summed E-state index contributed by atoms with van der Waals surface area (Å²) in [5, 5.41) is 7.05. The number of hydrogen-bond donors (Lipinski definition) is 2. The van der Waals surface area contributed by atoms with Gasteiger partial charge in [-0.25, -0.2) is 0 Å². The number of likely N-dealkylation sites (tertiary alicyclic amines) is 1. The Kier molecular flexibility index (Phi) is 13.5. The number of halogens is 1. The number of aliphatic imine (C=N–C) groups is 1. The molecule has 32 heavy (non-hydrogen) atoms. The number of aryl methyl sites for hydroxylation is 1. The van der Waals surface area contributed by atoms with E-state index in [1.807, 2.05) is 0 Å². The first kappa shape index (κ1) is 27.3. The summed E-state index contributed by atoms with van der Waals surface area (Å²) in [6.07, 6.45) is 5.55. The minimum atomic E-state index is 0. The van der Waals surface area contributed by atoms with Crippen LogP contribution in [-0.4, -0.2) is 69.5 Å². The molecule has 1 aromatic rings. The Morgan fingerprint density at radius 3 is 2.62 bits per heavy atom. The van der Waals surface area contributed by atoms with Crippen LogP contribution in [0.4, 0.5) is 0 Å². The molecule has 0 amide bonds. The molecule has 0 aliphatic carbocycles. The lowest BCUT2D eigenvalue weighted by molar-refractivity contribution is 0.0205. The molecular formula is C25H43IN4O2. The highest BCUT2D eigenvalue weighted by atomic mass is 127. The first-order valence-corrected chi connectivity index (χ1v) is 12.2. The van der Waals surface area contributed by atoms with Gasteiger partial charge in [0.2, 0.25) is 0 Å². The number of ether oxygens (including phenoxy) is 2. The number of nitrogens with one attached hydrogen (secondary N) is 2. The van der Waals surface area contributed by atoms with Gasteiger partial charge in [0.25, 0.3) is 0 Å². The fraction of sp³-hybridized carbons (Fsp3) is 0.720. The molecule has 2 fully saturated rings. The van der Waals surface area contributed by atoms with Gasteiger partial charge >= 0.3 is 0 Å². The van der Waals surface area contributed by atoms with Crippen LogP contribution < -0.4 is 10.6 Å². The van der Waals surface area contributed by atoms with Crippen molar-refractivity contribution in [1.29, 1.82) is 0 Å². The topological polar surface area (TPSA) is 58.1 Å². The van der Waals surface area contributed by atoms with E-state index in [0.29, 0.717) is 12.0 Å². The third-order valence-corrected chi connectivity index (χ3v) is 6.34. The lowest BCUT2D eigenvalue weighted by Gasteiger charge is -2.33. The largest absolute Gasteiger partial charge is 0.381 e. The SMILES string of the molecule is CCNC(=NCCCOCC1CCOCC1)NC1CCN(Cc2ccccc2C)CC1.I. The zero-order valence-electron chi connectivity index (χ0n) is 20.0. The molecule has 2 N–H and O–H groups in total. The molecule has 2 aliphatic rings. The van der Waals surface area contributed by atoms with Crippen molar-refractivity contribution < 1.29 is 9.47 Å². The van der Waals surface area contributed by atoms with Crippen LogP contribution in [0.5, 0.6) is 0 Å². The Morgan fingerprint density at radius 2 is 1.91 bits per heavy atom. The van der Waals surface area contributed by atoms with E-state index in [9.17, 15) is 0 Å². The van der Waals surface area contributed by atoms with Crippen molar-refractivity contribution in [2.24, 2.45) is 10.9 Å². The summed E-state index contributed by atoms with van der Waals surface area (Å²) in [4.78, 5) is 7.34. The Balaban J connectivity index is 0.00000363. The summed E-state index contributed by atoms with van der Waals surface area (Å²) in [5.41, 5.74) is 2.84. The van der Waals surface area contributed by atoms with Gasteiger partial charge in [0.1, 0.15) is 0 Å². The van der Waals surface area contributed by atoms with E-state index in [1.54, 1.807) is 0 Å². The van der Waals surface area contributed by atoms with Crippen LogP contribution in [0.2, 0.25) is 0 Å². The molecule has 0 atom stereocenters. The quantitative estimate of drug-likeness (QED) is 0.197. The average molecular weight is 559 g/mol. The van der Waals surface area contributed by atoms with Crippen LogP contribution in [0.15, 0.2) is 29.3 Å². The number of hydrogen-bond acceptors (Lipinski definition) is 4. The number of piperidine rings is 1. The highest BCUT2D eigenvalue weighted by molar-refractivity contribution is 14.0. The lowest BCUT2D eigenvalue weighted by atomic mass is 10.0. The van der Waals surface area contributed by atoms with Crippen LogP contribution >= 0.6 is 24.0 Å². The lowest BCUT2D eigenvalue weighted by Crippen LogP contribution is -2.48. The molecule has 0 bridgehead atoms. The smallest absolute Gasteiger partial charge is 0.191 e. The summed E-state index contributed by atoms with van der Waals surface area (Å²) >= 11 is 0. The molecule has 6 nitrogen and oxygen atoms in total. The molecule has 7 heteroatoms. The van der Waals surface area contributed by atoms with Crippen molar-refractivity contribution >= 4 is 29.9 Å². The maximum Gasteiger partial charge on any atom is 0.191 e. The predicted molar refractivity (Wildman–Crippen MR) is 143 cm³/mol. The van der Waals surface area contributed by atoms with Crippen molar-refractivity contribution in [3.8, 4) is 0 Å². The summed E-state index contributed by atoms with van der Waals surface area (Å²) < 4.78 is 11.3. The average Bonchev–Trinajstić information content (AvgIpc) is 2.80. The minimum absolute atomic E-state index is 0. The molecular weight excluding hydrogens is 515 g/mol. The van der Waals surface area contributed by atoms with Gasteiger partial charge in [-0.05, 0) is 63.0 Å². The van der Waals surface area contributed by atoms with Crippen molar-refractivity contribution in [2.45, 2.75) is 58.5 Å². The number of rotatable bonds is 10. The van der Waals surface area contributed by atoms with E-state index in [1.165, 1.54) is 11.1 Å². The molecule has 182 valence electrons. The van der Waals surface area contributed by atoms with Gasteiger partial charge < -0.3 is 20.1 Å². The van der Waals surface area contributed by atoms with Gasteiger partial charge in [0.05, 0.1) is 0 Å². The third kappa shape index (κ3) is 9.93. The summed E-state index contributed by atoms with van der Waals surface area (Å²) in [6, 6.07) is 9.22. The monoisotopic (exact) mass is 558 g/mol. The molecule has 0 spiro atoms. The van der Waals surface area contributed by atoms with E-state index in [4.69, 9.17) is 14.5 Å². The second-order valence-corrected chi connectivity index (χ2v) is 8.87. The van der Waals surface area contributed by atoms with Crippen LogP contribution in [0.3, 0.4) is 0 Å². The maximum atomic E-state index is 5.86. The van der Waals surface area contributed by atoms with Gasteiger partial charge in [-0.2, -0.15) is 0 Å². The Hall–Kier alpha value is -0.900. The zero-order chi connectivity index (χ0) is 21.7. The van der Waals surface area contributed by atoms with E-state index in [2.05, 4.69) is 53.6 Å². The normalized spacial score (nSPS) is 18.9. The van der Waals surface area contributed by atoms with E-state index in [0.717, 1.165) is 97.2 Å². The minimum Gasteiger partial charge on any atom is -0.381 e. The Morgan fingerprint density at radius 1 is 1.16 bits per heavy atom. The van der Waals surface area contributed by atoms with E-state index in [-0.39, 0.29) is 24.0 Å². The molecule has 0 radical (unpaired) electrons. The van der Waals surface area contributed by atoms with Crippen molar-refractivity contribution in [3.63, 3.8) is 0 Å². The zero-order valence-corrected chi connectivity index (χ0v) is 22.3.